The van der Waals surface area contributed by atoms with Crippen LogP contribution in [0.2, 0.25) is 0 Å². The van der Waals surface area contributed by atoms with Crippen molar-refractivity contribution in [2.24, 2.45) is 0 Å². The minimum absolute atomic E-state index is 0.189. The third kappa shape index (κ3) is 3.04. The van der Waals surface area contributed by atoms with Gasteiger partial charge in [0.2, 0.25) is 0 Å². The fraction of sp³-hybridized carbons (Fsp3) is 0.111. The number of benzene rings is 1. The predicted molar refractivity (Wildman–Crippen MR) is 90.3 cm³/mol. The van der Waals surface area contributed by atoms with Crippen molar-refractivity contribution >= 4 is 11.7 Å². The first-order valence-electron chi connectivity index (χ1n) is 7.84. The molecule has 0 aliphatic carbocycles. The van der Waals surface area contributed by atoms with Crippen LogP contribution in [-0.4, -0.2) is 21.1 Å². The molecule has 7 nitrogen and oxygen atoms in total. The SMILES string of the molecule is O=C1c2ccc(OCc3ccc(F)cn3)cc2CN1c1ccc(=O)[nH]n1. The lowest BCUT2D eigenvalue weighted by Gasteiger charge is -2.12. The number of nitrogens with one attached hydrogen (secondary N) is 1. The van der Waals surface area contributed by atoms with Gasteiger partial charge < -0.3 is 4.74 Å². The van der Waals surface area contributed by atoms with Gasteiger partial charge in [0.25, 0.3) is 11.5 Å². The van der Waals surface area contributed by atoms with Gasteiger partial charge in [-0.15, -0.1) is 0 Å². The number of hydrogen-bond acceptors (Lipinski definition) is 5. The molecule has 8 heteroatoms. The van der Waals surface area contributed by atoms with Gasteiger partial charge in [0.15, 0.2) is 5.82 Å². The molecule has 2 aromatic heterocycles. The molecule has 130 valence electrons. The Balaban J connectivity index is 1.51. The fourth-order valence-electron chi connectivity index (χ4n) is 2.71. The van der Waals surface area contributed by atoms with Crippen molar-refractivity contribution in [3.63, 3.8) is 0 Å². The maximum Gasteiger partial charge on any atom is 0.264 e. The number of anilines is 1. The van der Waals surface area contributed by atoms with Crippen LogP contribution in [0, 0.1) is 5.82 Å². The summed E-state index contributed by atoms with van der Waals surface area (Å²) in [6, 6.07) is 10.9. The monoisotopic (exact) mass is 352 g/mol. The minimum Gasteiger partial charge on any atom is -0.487 e. The standard InChI is InChI=1S/C18H13FN4O3/c19-12-1-2-13(20-8-12)10-26-14-3-4-15-11(7-14)9-23(18(15)25)16-5-6-17(24)22-21-16/h1-8H,9-10H2,(H,22,24). The molecule has 0 radical (unpaired) electrons. The molecule has 1 aliphatic rings. The first-order chi connectivity index (χ1) is 12.6. The fourth-order valence-corrected chi connectivity index (χ4v) is 2.71. The summed E-state index contributed by atoms with van der Waals surface area (Å²) in [7, 11) is 0. The highest BCUT2D eigenvalue weighted by Crippen LogP contribution is 2.29. The smallest absolute Gasteiger partial charge is 0.264 e. The van der Waals surface area contributed by atoms with Crippen LogP contribution < -0.4 is 15.2 Å². The van der Waals surface area contributed by atoms with Gasteiger partial charge >= 0.3 is 0 Å². The van der Waals surface area contributed by atoms with Crippen molar-refractivity contribution in [3.8, 4) is 5.75 Å². The van der Waals surface area contributed by atoms with Crippen LogP contribution in [-0.2, 0) is 13.2 Å². The highest BCUT2D eigenvalue weighted by atomic mass is 19.1. The molecule has 0 spiro atoms. The molecule has 4 rings (SSSR count). The molecule has 0 unspecified atom stereocenters. The molecule has 1 amide bonds. The molecule has 0 bridgehead atoms. The zero-order valence-corrected chi connectivity index (χ0v) is 13.5. The van der Waals surface area contributed by atoms with E-state index in [9.17, 15) is 14.0 Å². The van der Waals surface area contributed by atoms with Gasteiger partial charge in [0.1, 0.15) is 18.2 Å². The summed E-state index contributed by atoms with van der Waals surface area (Å²) >= 11 is 0. The molecule has 26 heavy (non-hydrogen) atoms. The summed E-state index contributed by atoms with van der Waals surface area (Å²) in [5, 5.41) is 6.22. The van der Waals surface area contributed by atoms with Crippen LogP contribution in [0.3, 0.4) is 0 Å². The van der Waals surface area contributed by atoms with Crippen LogP contribution in [0.25, 0.3) is 0 Å². The third-order valence-electron chi connectivity index (χ3n) is 4.00. The summed E-state index contributed by atoms with van der Waals surface area (Å²) in [5.74, 6) is 0.370. The number of carbonyl (C=O) groups excluding carboxylic acids is 1. The highest BCUT2D eigenvalue weighted by Gasteiger charge is 2.29. The minimum atomic E-state index is -0.402. The third-order valence-corrected chi connectivity index (χ3v) is 4.00. The zero-order valence-electron chi connectivity index (χ0n) is 13.5. The van der Waals surface area contributed by atoms with E-state index in [1.54, 1.807) is 24.3 Å². The summed E-state index contributed by atoms with van der Waals surface area (Å²) in [4.78, 5) is 29.1. The Hall–Kier alpha value is -3.55. The normalized spacial score (nSPS) is 13.0. The number of carbonyl (C=O) groups is 1. The Morgan fingerprint density at radius 3 is 2.77 bits per heavy atom. The lowest BCUT2D eigenvalue weighted by atomic mass is 10.1. The number of pyridine rings is 1. The van der Waals surface area contributed by atoms with Gasteiger partial charge in [-0.1, -0.05) is 0 Å². The predicted octanol–water partition coefficient (Wildman–Crippen LogP) is 2.04. The van der Waals surface area contributed by atoms with E-state index in [2.05, 4.69) is 15.2 Å². The molecule has 3 heterocycles. The lowest BCUT2D eigenvalue weighted by Crippen LogP contribution is -2.25. The number of H-pyrrole nitrogens is 1. The number of fused-ring (bicyclic) bond motifs is 1. The van der Waals surface area contributed by atoms with E-state index in [0.29, 0.717) is 29.4 Å². The molecular weight excluding hydrogens is 339 g/mol. The summed E-state index contributed by atoms with van der Waals surface area (Å²) in [6.07, 6.45) is 1.13. The average Bonchev–Trinajstić information content (AvgIpc) is 2.98. The number of rotatable bonds is 4. The second-order valence-electron chi connectivity index (χ2n) is 5.75. The zero-order chi connectivity index (χ0) is 18.1. The molecule has 0 saturated heterocycles. The largest absolute Gasteiger partial charge is 0.487 e. The van der Waals surface area contributed by atoms with Gasteiger partial charge in [-0.2, -0.15) is 5.10 Å². The average molecular weight is 352 g/mol. The van der Waals surface area contributed by atoms with Crippen molar-refractivity contribution in [3.05, 3.63) is 81.7 Å². The van der Waals surface area contributed by atoms with E-state index in [1.807, 2.05) is 0 Å². The van der Waals surface area contributed by atoms with E-state index in [-0.39, 0.29) is 18.1 Å². The van der Waals surface area contributed by atoms with E-state index in [4.69, 9.17) is 4.74 Å². The molecular formula is C18H13FN4O3. The number of amides is 1. The molecule has 1 aliphatic heterocycles. The number of aromatic nitrogens is 3. The highest BCUT2D eigenvalue weighted by molar-refractivity contribution is 6.09. The van der Waals surface area contributed by atoms with E-state index in [1.165, 1.54) is 23.1 Å². The lowest BCUT2D eigenvalue weighted by molar-refractivity contribution is 0.0995. The van der Waals surface area contributed by atoms with Gasteiger partial charge in [0.05, 0.1) is 18.4 Å². The maximum atomic E-state index is 12.9. The number of hydrogen-bond donors (Lipinski definition) is 1. The summed E-state index contributed by atoms with van der Waals surface area (Å²) in [5.41, 5.74) is 1.63. The van der Waals surface area contributed by atoms with E-state index < -0.39 is 5.82 Å². The Labute approximate surface area is 147 Å². The van der Waals surface area contributed by atoms with Crippen molar-refractivity contribution < 1.29 is 13.9 Å². The molecule has 0 saturated carbocycles. The first-order valence-corrected chi connectivity index (χ1v) is 7.84. The van der Waals surface area contributed by atoms with Crippen LogP contribution in [0.5, 0.6) is 5.75 Å². The quantitative estimate of drug-likeness (QED) is 0.776. The van der Waals surface area contributed by atoms with Crippen LogP contribution >= 0.6 is 0 Å². The molecule has 3 aromatic rings. The number of halogens is 1. The van der Waals surface area contributed by atoms with Gasteiger partial charge in [-0.25, -0.2) is 9.49 Å². The topological polar surface area (TPSA) is 88.2 Å². The van der Waals surface area contributed by atoms with Crippen molar-refractivity contribution in [1.82, 2.24) is 15.2 Å². The first kappa shape index (κ1) is 15.9. The number of ether oxygens (including phenoxy) is 1. The number of nitrogens with zero attached hydrogens (tertiary/aromatic N) is 3. The Morgan fingerprint density at radius 1 is 1.15 bits per heavy atom. The van der Waals surface area contributed by atoms with E-state index >= 15 is 0 Å². The van der Waals surface area contributed by atoms with Crippen molar-refractivity contribution in [2.75, 3.05) is 4.90 Å². The second kappa shape index (κ2) is 6.40. The molecule has 1 N–H and O–H groups in total. The summed E-state index contributed by atoms with van der Waals surface area (Å²) < 4.78 is 18.5. The second-order valence-corrected chi connectivity index (χ2v) is 5.75. The molecule has 1 aromatic carbocycles. The Morgan fingerprint density at radius 2 is 2.04 bits per heavy atom. The van der Waals surface area contributed by atoms with Crippen LogP contribution in [0.15, 0.2) is 53.5 Å². The Kier molecular flexibility index (Phi) is 3.92. The molecule has 0 fully saturated rings. The summed E-state index contributed by atoms with van der Waals surface area (Å²) in [6.45, 7) is 0.525. The Bertz CT molecular complexity index is 1010. The van der Waals surface area contributed by atoms with Crippen molar-refractivity contribution in [2.45, 2.75) is 13.2 Å². The van der Waals surface area contributed by atoms with Crippen molar-refractivity contribution in [1.29, 1.82) is 0 Å². The van der Waals surface area contributed by atoms with Crippen LogP contribution in [0.1, 0.15) is 21.6 Å². The number of aromatic amines is 1. The van der Waals surface area contributed by atoms with Gasteiger partial charge in [0, 0.05) is 11.6 Å². The van der Waals surface area contributed by atoms with E-state index in [0.717, 1.165) is 11.8 Å². The molecule has 0 atom stereocenters. The maximum absolute atomic E-state index is 12.9. The van der Waals surface area contributed by atoms with Gasteiger partial charge in [-0.05, 0) is 42.0 Å². The van der Waals surface area contributed by atoms with Crippen LogP contribution in [0.4, 0.5) is 10.2 Å². The van der Waals surface area contributed by atoms with Gasteiger partial charge in [-0.3, -0.25) is 19.5 Å².